The lowest BCUT2D eigenvalue weighted by Crippen LogP contribution is -2.48. The van der Waals surface area contributed by atoms with E-state index in [9.17, 15) is 22.8 Å². The summed E-state index contributed by atoms with van der Waals surface area (Å²) >= 11 is 0. The van der Waals surface area contributed by atoms with Crippen molar-refractivity contribution < 1.29 is 32.6 Å². The van der Waals surface area contributed by atoms with E-state index >= 15 is 0 Å². The molecule has 1 rings (SSSR count). The molecule has 146 valence electrons. The normalized spacial score (nSPS) is 12.5. The van der Waals surface area contributed by atoms with E-state index in [2.05, 4.69) is 5.32 Å². The summed E-state index contributed by atoms with van der Waals surface area (Å²) in [4.78, 5) is 25.2. The Morgan fingerprint density at radius 2 is 1.88 bits per heavy atom. The van der Waals surface area contributed by atoms with Crippen molar-refractivity contribution in [3.63, 3.8) is 0 Å². The lowest BCUT2D eigenvalue weighted by molar-refractivity contribution is -0.134. The Morgan fingerprint density at radius 3 is 2.42 bits per heavy atom. The number of carbonyl (C=O) groups is 2. The molecule has 0 aromatic heterocycles. The van der Waals surface area contributed by atoms with Gasteiger partial charge in [0.2, 0.25) is 5.91 Å². The van der Waals surface area contributed by atoms with E-state index < -0.39 is 54.2 Å². The summed E-state index contributed by atoms with van der Waals surface area (Å²) in [5.41, 5.74) is -1.14. The molecule has 0 unspecified atom stereocenters. The molecule has 0 bridgehead atoms. The van der Waals surface area contributed by atoms with Crippen LogP contribution < -0.4 is 5.32 Å². The van der Waals surface area contributed by atoms with Crippen molar-refractivity contribution in [2.45, 2.75) is 45.9 Å². The number of ether oxygens (including phenoxy) is 1. The predicted octanol–water partition coefficient (Wildman–Crippen LogP) is 2.34. The molecule has 0 saturated carbocycles. The largest absolute Gasteiger partial charge is 0.444 e. The molecule has 0 aliphatic carbocycles. The number of carbonyl (C=O) groups excluding carboxylic acids is 2. The maximum Gasteiger partial charge on any atom is 0.408 e. The van der Waals surface area contributed by atoms with E-state index in [4.69, 9.17) is 9.84 Å². The first kappa shape index (κ1) is 21.8. The van der Waals surface area contributed by atoms with Crippen LogP contribution in [0.15, 0.2) is 12.1 Å². The van der Waals surface area contributed by atoms with E-state index in [1.165, 1.54) is 6.92 Å². The number of nitrogens with one attached hydrogen (secondary N) is 1. The highest BCUT2D eigenvalue weighted by atomic mass is 19.2. The lowest BCUT2D eigenvalue weighted by atomic mass is 10.1. The van der Waals surface area contributed by atoms with Gasteiger partial charge in [-0.1, -0.05) is 0 Å². The standard InChI is InChI=1S/C17H23F3N2O4/c1-10(21-16(25)26-17(2,3)4)15(24)22(5-6-23)9-11-7-12(18)8-13(19)14(11)20/h7-8,10,23H,5-6,9H2,1-4H3,(H,21,25)/t10-/m1/s1. The quantitative estimate of drug-likeness (QED) is 0.747. The molecule has 2 N–H and O–H groups in total. The second-order valence-corrected chi connectivity index (χ2v) is 6.71. The van der Waals surface area contributed by atoms with Gasteiger partial charge in [0.25, 0.3) is 0 Å². The second-order valence-electron chi connectivity index (χ2n) is 6.71. The van der Waals surface area contributed by atoms with Crippen molar-refractivity contribution in [1.82, 2.24) is 10.2 Å². The highest BCUT2D eigenvalue weighted by Gasteiger charge is 2.26. The van der Waals surface area contributed by atoms with Crippen LogP contribution >= 0.6 is 0 Å². The number of aliphatic hydroxyl groups excluding tert-OH is 1. The van der Waals surface area contributed by atoms with Gasteiger partial charge in [-0.05, 0) is 33.8 Å². The topological polar surface area (TPSA) is 78.9 Å². The number of hydrogen-bond donors (Lipinski definition) is 2. The van der Waals surface area contributed by atoms with Gasteiger partial charge >= 0.3 is 6.09 Å². The fourth-order valence-electron chi connectivity index (χ4n) is 2.14. The van der Waals surface area contributed by atoms with Crippen LogP contribution in [0.2, 0.25) is 0 Å². The maximum absolute atomic E-state index is 13.8. The number of benzene rings is 1. The molecule has 9 heteroatoms. The monoisotopic (exact) mass is 376 g/mol. The Labute approximate surface area is 149 Å². The molecule has 26 heavy (non-hydrogen) atoms. The number of halogens is 3. The first-order valence-corrected chi connectivity index (χ1v) is 7.97. The SMILES string of the molecule is C[C@@H](NC(=O)OC(C)(C)C)C(=O)N(CCO)Cc1cc(F)cc(F)c1F. The summed E-state index contributed by atoms with van der Waals surface area (Å²) in [7, 11) is 0. The van der Waals surface area contributed by atoms with Gasteiger partial charge in [-0.25, -0.2) is 18.0 Å². The number of alkyl carbamates (subject to hydrolysis) is 1. The summed E-state index contributed by atoms with van der Waals surface area (Å²) in [5.74, 6) is -4.32. The lowest BCUT2D eigenvalue weighted by Gasteiger charge is -2.27. The first-order valence-electron chi connectivity index (χ1n) is 7.97. The van der Waals surface area contributed by atoms with Gasteiger partial charge in [-0.3, -0.25) is 4.79 Å². The molecule has 0 fully saturated rings. The molecule has 1 atom stereocenters. The zero-order chi connectivity index (χ0) is 20.1. The summed E-state index contributed by atoms with van der Waals surface area (Å²) in [6, 6.07) is 0.101. The van der Waals surface area contributed by atoms with Crippen LogP contribution in [0.4, 0.5) is 18.0 Å². The zero-order valence-corrected chi connectivity index (χ0v) is 15.1. The Bertz CT molecular complexity index is 662. The van der Waals surface area contributed by atoms with Crippen LogP contribution in [0.5, 0.6) is 0 Å². The van der Waals surface area contributed by atoms with Crippen molar-refractivity contribution in [3.8, 4) is 0 Å². The molecule has 0 spiro atoms. The molecular formula is C17H23F3N2O4. The maximum atomic E-state index is 13.8. The van der Waals surface area contributed by atoms with Crippen molar-refractivity contribution in [2.75, 3.05) is 13.2 Å². The van der Waals surface area contributed by atoms with Crippen LogP contribution in [0, 0.1) is 17.5 Å². The van der Waals surface area contributed by atoms with Crippen LogP contribution in [0.25, 0.3) is 0 Å². The van der Waals surface area contributed by atoms with E-state index in [0.29, 0.717) is 6.07 Å². The van der Waals surface area contributed by atoms with Gasteiger partial charge < -0.3 is 20.1 Å². The van der Waals surface area contributed by atoms with Crippen molar-refractivity contribution >= 4 is 12.0 Å². The number of rotatable bonds is 6. The number of nitrogens with zero attached hydrogens (tertiary/aromatic N) is 1. The minimum absolute atomic E-state index is 0.212. The van der Waals surface area contributed by atoms with Crippen molar-refractivity contribution in [1.29, 1.82) is 0 Å². The fourth-order valence-corrected chi connectivity index (χ4v) is 2.14. The molecule has 1 aromatic carbocycles. The second kappa shape index (κ2) is 8.88. The first-order chi connectivity index (χ1) is 11.9. The fraction of sp³-hybridized carbons (Fsp3) is 0.529. The third-order valence-electron chi connectivity index (χ3n) is 3.21. The Hall–Kier alpha value is -2.29. The highest BCUT2D eigenvalue weighted by Crippen LogP contribution is 2.17. The minimum atomic E-state index is -1.38. The number of aliphatic hydroxyl groups is 1. The summed E-state index contributed by atoms with van der Waals surface area (Å²) < 4.78 is 45.5. The van der Waals surface area contributed by atoms with Gasteiger partial charge in [0.1, 0.15) is 17.5 Å². The van der Waals surface area contributed by atoms with Crippen molar-refractivity contribution in [2.24, 2.45) is 0 Å². The third-order valence-corrected chi connectivity index (χ3v) is 3.21. The van der Waals surface area contributed by atoms with Gasteiger partial charge in [-0.15, -0.1) is 0 Å². The number of amides is 2. The Morgan fingerprint density at radius 1 is 1.27 bits per heavy atom. The third kappa shape index (κ3) is 6.55. The van der Waals surface area contributed by atoms with E-state index in [1.54, 1.807) is 20.8 Å². The Kier molecular flexibility index (Phi) is 7.43. The van der Waals surface area contributed by atoms with Gasteiger partial charge in [0, 0.05) is 24.7 Å². The van der Waals surface area contributed by atoms with Crippen LogP contribution in [0.3, 0.4) is 0 Å². The molecule has 6 nitrogen and oxygen atoms in total. The smallest absolute Gasteiger partial charge is 0.408 e. The highest BCUT2D eigenvalue weighted by molar-refractivity contribution is 5.85. The average Bonchev–Trinajstić information content (AvgIpc) is 2.48. The summed E-state index contributed by atoms with van der Waals surface area (Å²) in [6.07, 6.45) is -0.828. The van der Waals surface area contributed by atoms with Crippen LogP contribution in [0.1, 0.15) is 33.3 Å². The molecule has 0 aliphatic heterocycles. The summed E-state index contributed by atoms with van der Waals surface area (Å²) in [6.45, 7) is 5.19. The zero-order valence-electron chi connectivity index (χ0n) is 15.1. The van der Waals surface area contributed by atoms with Crippen LogP contribution in [-0.4, -0.2) is 46.8 Å². The summed E-state index contributed by atoms with van der Waals surface area (Å²) in [5, 5.41) is 11.4. The molecule has 2 amide bonds. The molecule has 0 aliphatic rings. The van der Waals surface area contributed by atoms with Gasteiger partial charge in [0.05, 0.1) is 6.61 Å². The number of hydrogen-bond acceptors (Lipinski definition) is 4. The van der Waals surface area contributed by atoms with Crippen LogP contribution in [-0.2, 0) is 16.1 Å². The molecule has 0 saturated heterocycles. The minimum Gasteiger partial charge on any atom is -0.444 e. The molecule has 0 radical (unpaired) electrons. The van der Waals surface area contributed by atoms with E-state index in [0.717, 1.165) is 11.0 Å². The molecule has 0 heterocycles. The average molecular weight is 376 g/mol. The Balaban J connectivity index is 2.89. The molecular weight excluding hydrogens is 353 g/mol. The predicted molar refractivity (Wildman–Crippen MR) is 87.7 cm³/mol. The van der Waals surface area contributed by atoms with E-state index in [-0.39, 0.29) is 12.1 Å². The van der Waals surface area contributed by atoms with E-state index in [1.807, 2.05) is 0 Å². The van der Waals surface area contributed by atoms with Gasteiger partial charge in [0.15, 0.2) is 11.6 Å². The van der Waals surface area contributed by atoms with Crippen molar-refractivity contribution in [3.05, 3.63) is 35.1 Å². The molecule has 1 aromatic rings. The van der Waals surface area contributed by atoms with Gasteiger partial charge in [-0.2, -0.15) is 0 Å².